The second kappa shape index (κ2) is 11.6. The van der Waals surface area contributed by atoms with E-state index < -0.39 is 23.9 Å². The Labute approximate surface area is 158 Å². The highest BCUT2D eigenvalue weighted by molar-refractivity contribution is 5.97. The number of hydrogen-bond donors (Lipinski definition) is 1. The number of carbonyl (C=O) groups excluding carboxylic acids is 3. The van der Waals surface area contributed by atoms with Crippen molar-refractivity contribution in [3.63, 3.8) is 0 Å². The molecule has 9 nitrogen and oxygen atoms in total. The van der Waals surface area contributed by atoms with Crippen LogP contribution in [0.5, 0.6) is 0 Å². The molecule has 1 N–H and O–H groups in total. The quantitative estimate of drug-likeness (QED) is 0.380. The van der Waals surface area contributed by atoms with Crippen LogP contribution in [0.3, 0.4) is 0 Å². The summed E-state index contributed by atoms with van der Waals surface area (Å²) in [5, 5.41) is 12.0. The van der Waals surface area contributed by atoms with Gasteiger partial charge in [0.25, 0.3) is 5.91 Å². The number of benzene rings is 1. The molecule has 1 aromatic carbocycles. The molecule has 0 heterocycles. The first-order valence-corrected chi connectivity index (χ1v) is 8.69. The van der Waals surface area contributed by atoms with Crippen LogP contribution in [0.4, 0.5) is 5.69 Å². The Hall–Kier alpha value is -2.97. The van der Waals surface area contributed by atoms with E-state index in [0.717, 1.165) is 0 Å². The van der Waals surface area contributed by atoms with Crippen LogP contribution in [0, 0.1) is 0 Å². The highest BCUT2D eigenvalue weighted by Crippen LogP contribution is 2.14. The third kappa shape index (κ3) is 8.30. The van der Waals surface area contributed by atoms with Gasteiger partial charge in [-0.2, -0.15) is 0 Å². The topological polar surface area (TPSA) is 110 Å². The summed E-state index contributed by atoms with van der Waals surface area (Å²) in [5.41, 5.74) is 0.939. The minimum atomic E-state index is -0.935. The first kappa shape index (κ1) is 22.1. The Balaban J connectivity index is 2.76. The van der Waals surface area contributed by atoms with E-state index in [1.807, 2.05) is 0 Å². The second-order valence-corrected chi connectivity index (χ2v) is 5.71. The molecule has 0 radical (unpaired) electrons. The number of ether oxygens (including phenoxy) is 2. The Morgan fingerprint density at radius 3 is 2.26 bits per heavy atom. The summed E-state index contributed by atoms with van der Waals surface area (Å²) in [5.74, 6) is -1.48. The van der Waals surface area contributed by atoms with Crippen LogP contribution >= 0.6 is 0 Å². The van der Waals surface area contributed by atoms with Crippen LogP contribution in [0.1, 0.15) is 37.0 Å². The molecule has 9 heteroatoms. The van der Waals surface area contributed by atoms with E-state index in [-0.39, 0.29) is 26.1 Å². The summed E-state index contributed by atoms with van der Waals surface area (Å²) in [4.78, 5) is 36.0. The predicted octanol–water partition coefficient (Wildman–Crippen LogP) is 2.25. The molecule has 0 saturated carbocycles. The molecular weight excluding hydrogens is 352 g/mol. The number of carbonyl (C=O) groups is 3. The molecule has 1 rings (SSSR count). The van der Waals surface area contributed by atoms with Crippen LogP contribution in [0.2, 0.25) is 0 Å². The van der Waals surface area contributed by atoms with Gasteiger partial charge in [-0.1, -0.05) is 5.22 Å². The first-order valence-electron chi connectivity index (χ1n) is 8.69. The normalized spacial score (nSPS) is 11.7. The van der Waals surface area contributed by atoms with Gasteiger partial charge in [0.05, 0.1) is 18.9 Å². The molecule has 1 atom stereocenters. The average molecular weight is 378 g/mol. The standard InChI is InChI=1S/C18H26N4O5/c1-5-26-16(23)12-11-15(18(25)27-6-2)19-17(24)13-7-9-14(10-8-13)20-21-22(3)4/h7-10,15H,5-6,11-12H2,1-4H3,(H,19,24)/t15-/m0/s1. The Morgan fingerprint density at radius 2 is 1.70 bits per heavy atom. The minimum absolute atomic E-state index is 0.00145. The smallest absolute Gasteiger partial charge is 0.328 e. The highest BCUT2D eigenvalue weighted by Gasteiger charge is 2.23. The van der Waals surface area contributed by atoms with E-state index in [4.69, 9.17) is 9.47 Å². The van der Waals surface area contributed by atoms with Gasteiger partial charge in [-0.25, -0.2) is 4.79 Å². The predicted molar refractivity (Wildman–Crippen MR) is 98.4 cm³/mol. The lowest BCUT2D eigenvalue weighted by Crippen LogP contribution is -2.42. The number of hydrogen-bond acceptors (Lipinski definition) is 7. The summed E-state index contributed by atoms with van der Waals surface area (Å²) in [6, 6.07) is 5.49. The van der Waals surface area contributed by atoms with Crippen LogP contribution in [0.15, 0.2) is 34.6 Å². The van der Waals surface area contributed by atoms with Gasteiger partial charge < -0.3 is 14.8 Å². The van der Waals surface area contributed by atoms with E-state index in [2.05, 4.69) is 15.7 Å². The van der Waals surface area contributed by atoms with Gasteiger partial charge in [0.1, 0.15) is 6.04 Å². The highest BCUT2D eigenvalue weighted by atomic mass is 16.5. The summed E-state index contributed by atoms with van der Waals surface area (Å²) in [7, 11) is 3.49. The zero-order valence-electron chi connectivity index (χ0n) is 16.1. The lowest BCUT2D eigenvalue weighted by Gasteiger charge is -2.17. The van der Waals surface area contributed by atoms with Crippen molar-refractivity contribution in [3.05, 3.63) is 29.8 Å². The summed E-state index contributed by atoms with van der Waals surface area (Å²) in [6.45, 7) is 3.80. The SMILES string of the molecule is CCOC(=O)CC[C@H](NC(=O)c1ccc(N=NN(C)C)cc1)C(=O)OCC. The maximum atomic E-state index is 12.4. The molecule has 0 spiro atoms. The number of rotatable bonds is 10. The molecular formula is C18H26N4O5. The Kier molecular flexibility index (Phi) is 9.49. The van der Waals surface area contributed by atoms with Crippen molar-refractivity contribution in [1.29, 1.82) is 0 Å². The van der Waals surface area contributed by atoms with Crippen molar-refractivity contribution in [2.75, 3.05) is 27.3 Å². The molecule has 1 amide bonds. The van der Waals surface area contributed by atoms with Crippen molar-refractivity contribution in [3.8, 4) is 0 Å². The van der Waals surface area contributed by atoms with Gasteiger partial charge >= 0.3 is 11.9 Å². The Morgan fingerprint density at radius 1 is 1.07 bits per heavy atom. The molecule has 0 aromatic heterocycles. The van der Waals surface area contributed by atoms with Gasteiger partial charge in [0, 0.05) is 26.1 Å². The van der Waals surface area contributed by atoms with Crippen LogP contribution in [0.25, 0.3) is 0 Å². The fraction of sp³-hybridized carbons (Fsp3) is 0.500. The largest absolute Gasteiger partial charge is 0.466 e. The van der Waals surface area contributed by atoms with Gasteiger partial charge in [-0.05, 0) is 44.5 Å². The summed E-state index contributed by atoms with van der Waals surface area (Å²) < 4.78 is 9.82. The number of amides is 1. The van der Waals surface area contributed by atoms with Crippen molar-refractivity contribution in [2.24, 2.45) is 10.3 Å². The van der Waals surface area contributed by atoms with E-state index in [1.54, 1.807) is 57.2 Å². The fourth-order valence-electron chi connectivity index (χ4n) is 2.05. The molecule has 0 saturated heterocycles. The second-order valence-electron chi connectivity index (χ2n) is 5.71. The van der Waals surface area contributed by atoms with Crippen molar-refractivity contribution in [1.82, 2.24) is 10.3 Å². The number of nitrogens with one attached hydrogen (secondary N) is 1. The van der Waals surface area contributed by atoms with Crippen LogP contribution < -0.4 is 5.32 Å². The third-order valence-electron chi connectivity index (χ3n) is 3.29. The first-order chi connectivity index (χ1) is 12.9. The molecule has 0 bridgehead atoms. The van der Waals surface area contributed by atoms with Gasteiger partial charge in [-0.15, -0.1) is 5.11 Å². The average Bonchev–Trinajstić information content (AvgIpc) is 2.64. The maximum Gasteiger partial charge on any atom is 0.328 e. The molecule has 0 aliphatic heterocycles. The summed E-state index contributed by atoms with van der Waals surface area (Å²) >= 11 is 0. The molecule has 0 fully saturated rings. The zero-order chi connectivity index (χ0) is 20.2. The molecule has 27 heavy (non-hydrogen) atoms. The van der Waals surface area contributed by atoms with Gasteiger partial charge in [-0.3, -0.25) is 14.6 Å². The maximum absolute atomic E-state index is 12.4. The minimum Gasteiger partial charge on any atom is -0.466 e. The molecule has 1 aromatic rings. The van der Waals surface area contributed by atoms with Crippen LogP contribution in [-0.2, 0) is 19.1 Å². The van der Waals surface area contributed by atoms with E-state index in [0.29, 0.717) is 11.3 Å². The third-order valence-corrected chi connectivity index (χ3v) is 3.29. The van der Waals surface area contributed by atoms with E-state index >= 15 is 0 Å². The van der Waals surface area contributed by atoms with Crippen LogP contribution in [-0.4, -0.2) is 56.2 Å². The van der Waals surface area contributed by atoms with E-state index in [9.17, 15) is 14.4 Å². The van der Waals surface area contributed by atoms with Gasteiger partial charge in [0.2, 0.25) is 0 Å². The number of esters is 2. The van der Waals surface area contributed by atoms with Crippen molar-refractivity contribution >= 4 is 23.5 Å². The van der Waals surface area contributed by atoms with Gasteiger partial charge in [0.15, 0.2) is 0 Å². The van der Waals surface area contributed by atoms with Crippen molar-refractivity contribution in [2.45, 2.75) is 32.7 Å². The molecule has 0 aliphatic carbocycles. The zero-order valence-corrected chi connectivity index (χ0v) is 16.1. The molecule has 0 unspecified atom stereocenters. The van der Waals surface area contributed by atoms with E-state index in [1.165, 1.54) is 0 Å². The molecule has 0 aliphatic rings. The molecule has 148 valence electrons. The summed E-state index contributed by atoms with van der Waals surface area (Å²) in [6.07, 6.45) is 0.0972. The fourth-order valence-corrected chi connectivity index (χ4v) is 2.05. The lowest BCUT2D eigenvalue weighted by atomic mass is 10.1. The monoisotopic (exact) mass is 378 g/mol. The van der Waals surface area contributed by atoms with Crippen molar-refractivity contribution < 1.29 is 23.9 Å². The Bertz CT molecular complexity index is 658. The number of nitrogens with zero attached hydrogens (tertiary/aromatic N) is 3. The lowest BCUT2D eigenvalue weighted by molar-refractivity contribution is -0.146.